The lowest BCUT2D eigenvalue weighted by molar-refractivity contribution is 0.0506. The van der Waals surface area contributed by atoms with E-state index >= 15 is 0 Å². The van der Waals surface area contributed by atoms with E-state index in [0.717, 1.165) is 30.5 Å². The van der Waals surface area contributed by atoms with Crippen LogP contribution in [-0.2, 0) is 11.3 Å². The Morgan fingerprint density at radius 2 is 1.96 bits per heavy atom. The van der Waals surface area contributed by atoms with Crippen molar-refractivity contribution in [3.05, 3.63) is 46.4 Å². The molecule has 2 aromatic carbocycles. The largest absolute Gasteiger partial charge is 0.444 e. The Kier molecular flexibility index (Phi) is 5.35. The van der Waals surface area contributed by atoms with Crippen LogP contribution < -0.4 is 5.32 Å². The van der Waals surface area contributed by atoms with Gasteiger partial charge in [0.1, 0.15) is 5.60 Å². The summed E-state index contributed by atoms with van der Waals surface area (Å²) in [6.45, 7) is 8.36. The summed E-state index contributed by atoms with van der Waals surface area (Å²) in [5.41, 5.74) is 0.857. The molecule has 25 heavy (non-hydrogen) atoms. The molecular formula is C20H25BrN2O2. The number of carbonyl (C=O) groups excluding carboxylic acids is 1. The van der Waals surface area contributed by atoms with Gasteiger partial charge in [0, 0.05) is 30.1 Å². The average Bonchev–Trinajstić information content (AvgIpc) is 2.95. The molecule has 1 heterocycles. The molecule has 3 rings (SSSR count). The first-order valence-corrected chi connectivity index (χ1v) is 9.49. The molecule has 1 aliphatic heterocycles. The summed E-state index contributed by atoms with van der Waals surface area (Å²) in [6.07, 6.45) is 0.627. The van der Waals surface area contributed by atoms with Crippen LogP contribution in [-0.4, -0.2) is 35.7 Å². The third-order valence-corrected chi connectivity index (χ3v) is 5.04. The van der Waals surface area contributed by atoms with Crippen molar-refractivity contribution >= 4 is 32.8 Å². The zero-order valence-corrected chi connectivity index (χ0v) is 16.6. The molecule has 0 radical (unpaired) electrons. The van der Waals surface area contributed by atoms with Crippen molar-refractivity contribution in [1.29, 1.82) is 0 Å². The highest BCUT2D eigenvalue weighted by Crippen LogP contribution is 2.28. The number of amides is 1. The minimum atomic E-state index is -0.460. The maximum atomic E-state index is 11.9. The highest BCUT2D eigenvalue weighted by molar-refractivity contribution is 9.10. The lowest BCUT2D eigenvalue weighted by Gasteiger charge is -2.22. The second-order valence-corrected chi connectivity index (χ2v) is 8.47. The molecule has 5 heteroatoms. The van der Waals surface area contributed by atoms with Crippen molar-refractivity contribution in [2.45, 2.75) is 45.4 Å². The lowest BCUT2D eigenvalue weighted by Crippen LogP contribution is -2.40. The molecule has 1 N–H and O–H groups in total. The topological polar surface area (TPSA) is 41.6 Å². The van der Waals surface area contributed by atoms with Crippen molar-refractivity contribution in [2.75, 3.05) is 13.1 Å². The predicted octanol–water partition coefficient (Wildman–Crippen LogP) is 4.70. The molecule has 0 spiro atoms. The molecule has 0 aliphatic carbocycles. The molecule has 0 bridgehead atoms. The number of hydrogen-bond acceptors (Lipinski definition) is 3. The van der Waals surface area contributed by atoms with Gasteiger partial charge in [-0.2, -0.15) is 0 Å². The van der Waals surface area contributed by atoms with E-state index < -0.39 is 5.60 Å². The second-order valence-electron chi connectivity index (χ2n) is 7.62. The number of ether oxygens (including phenoxy) is 1. The standard InChI is InChI=1S/C20H25BrN2O2/c1-20(2,3)25-19(24)22-15-10-11-23(13-15)12-14-8-9-18(21)17-7-5-4-6-16(14)17/h4-9,15H,10-13H2,1-3H3,(H,22,24). The quantitative estimate of drug-likeness (QED) is 0.805. The van der Waals surface area contributed by atoms with Crippen LogP contribution in [0, 0.1) is 0 Å². The zero-order valence-electron chi connectivity index (χ0n) is 15.0. The first kappa shape index (κ1) is 18.2. The Balaban J connectivity index is 1.62. The Morgan fingerprint density at radius 3 is 2.68 bits per heavy atom. The molecule has 134 valence electrons. The van der Waals surface area contributed by atoms with E-state index in [0.29, 0.717) is 0 Å². The van der Waals surface area contributed by atoms with Crippen LogP contribution in [0.1, 0.15) is 32.8 Å². The second kappa shape index (κ2) is 7.34. The van der Waals surface area contributed by atoms with E-state index in [2.05, 4.69) is 62.5 Å². The monoisotopic (exact) mass is 404 g/mol. The van der Waals surface area contributed by atoms with Crippen molar-refractivity contribution < 1.29 is 9.53 Å². The van der Waals surface area contributed by atoms with Crippen molar-refractivity contribution in [1.82, 2.24) is 10.2 Å². The van der Waals surface area contributed by atoms with Crippen molar-refractivity contribution in [2.24, 2.45) is 0 Å². The summed E-state index contributed by atoms with van der Waals surface area (Å²) in [4.78, 5) is 14.3. The van der Waals surface area contributed by atoms with Crippen LogP contribution in [0.25, 0.3) is 10.8 Å². The summed E-state index contributed by atoms with van der Waals surface area (Å²) < 4.78 is 6.47. The van der Waals surface area contributed by atoms with Gasteiger partial charge < -0.3 is 10.1 Å². The van der Waals surface area contributed by atoms with Crippen LogP contribution in [0.5, 0.6) is 0 Å². The first-order valence-electron chi connectivity index (χ1n) is 8.70. The fourth-order valence-electron chi connectivity index (χ4n) is 3.27. The van der Waals surface area contributed by atoms with Crippen LogP contribution >= 0.6 is 15.9 Å². The maximum absolute atomic E-state index is 11.9. The van der Waals surface area contributed by atoms with E-state index in [-0.39, 0.29) is 12.1 Å². The number of likely N-dealkylation sites (tertiary alicyclic amines) is 1. The third kappa shape index (κ3) is 4.73. The van der Waals surface area contributed by atoms with Gasteiger partial charge in [0.05, 0.1) is 0 Å². The molecule has 0 saturated carbocycles. The van der Waals surface area contributed by atoms with Crippen LogP contribution in [0.4, 0.5) is 4.79 Å². The number of nitrogens with one attached hydrogen (secondary N) is 1. The van der Waals surface area contributed by atoms with Gasteiger partial charge in [-0.05, 0) is 49.6 Å². The Hall–Kier alpha value is -1.59. The number of carbonyl (C=O) groups is 1. The molecular weight excluding hydrogens is 380 g/mol. The van der Waals surface area contributed by atoms with Gasteiger partial charge in [-0.1, -0.05) is 46.3 Å². The normalized spacial score (nSPS) is 18.5. The molecule has 1 fully saturated rings. The zero-order chi connectivity index (χ0) is 18.0. The van der Waals surface area contributed by atoms with E-state index in [1.807, 2.05) is 20.8 Å². The smallest absolute Gasteiger partial charge is 0.407 e. The summed E-state index contributed by atoms with van der Waals surface area (Å²) in [5.74, 6) is 0. The summed E-state index contributed by atoms with van der Waals surface area (Å²) in [7, 11) is 0. The molecule has 1 amide bonds. The van der Waals surface area contributed by atoms with Crippen molar-refractivity contribution in [3.8, 4) is 0 Å². The summed E-state index contributed by atoms with van der Waals surface area (Å²) in [6, 6.07) is 12.9. The number of alkyl carbamates (subject to hydrolysis) is 1. The molecule has 1 aliphatic rings. The predicted molar refractivity (Wildman–Crippen MR) is 105 cm³/mol. The van der Waals surface area contributed by atoms with Gasteiger partial charge in [0.25, 0.3) is 0 Å². The fraction of sp³-hybridized carbons (Fsp3) is 0.450. The minimum absolute atomic E-state index is 0.150. The van der Waals surface area contributed by atoms with Gasteiger partial charge in [0.2, 0.25) is 0 Å². The summed E-state index contributed by atoms with van der Waals surface area (Å²) >= 11 is 3.63. The third-order valence-electron chi connectivity index (χ3n) is 4.35. The van der Waals surface area contributed by atoms with Gasteiger partial charge in [-0.3, -0.25) is 4.90 Å². The Labute approximate surface area is 157 Å². The molecule has 1 atom stereocenters. The van der Waals surface area contributed by atoms with Gasteiger partial charge in [-0.15, -0.1) is 0 Å². The summed E-state index contributed by atoms with van der Waals surface area (Å²) in [5, 5.41) is 5.50. The van der Waals surface area contributed by atoms with Gasteiger partial charge in [0.15, 0.2) is 0 Å². The van der Waals surface area contributed by atoms with E-state index in [1.54, 1.807) is 0 Å². The Morgan fingerprint density at radius 1 is 1.24 bits per heavy atom. The number of nitrogens with zero attached hydrogens (tertiary/aromatic N) is 1. The molecule has 1 saturated heterocycles. The molecule has 2 aromatic rings. The van der Waals surface area contributed by atoms with Crippen molar-refractivity contribution in [3.63, 3.8) is 0 Å². The van der Waals surface area contributed by atoms with Crippen LogP contribution in [0.3, 0.4) is 0 Å². The highest BCUT2D eigenvalue weighted by atomic mass is 79.9. The van der Waals surface area contributed by atoms with Gasteiger partial charge in [-0.25, -0.2) is 4.79 Å². The molecule has 1 unspecified atom stereocenters. The first-order chi connectivity index (χ1) is 11.8. The molecule has 0 aromatic heterocycles. The number of halogens is 1. The minimum Gasteiger partial charge on any atom is -0.444 e. The number of hydrogen-bond donors (Lipinski definition) is 1. The Bertz CT molecular complexity index is 770. The van der Waals surface area contributed by atoms with Crippen LogP contribution in [0.2, 0.25) is 0 Å². The van der Waals surface area contributed by atoms with E-state index in [1.165, 1.54) is 16.3 Å². The number of fused-ring (bicyclic) bond motifs is 1. The highest BCUT2D eigenvalue weighted by Gasteiger charge is 2.26. The maximum Gasteiger partial charge on any atom is 0.407 e. The molecule has 4 nitrogen and oxygen atoms in total. The SMILES string of the molecule is CC(C)(C)OC(=O)NC1CCN(Cc2ccc(Br)c3ccccc23)C1. The fourth-order valence-corrected chi connectivity index (χ4v) is 3.75. The van der Waals surface area contributed by atoms with Crippen LogP contribution in [0.15, 0.2) is 40.9 Å². The number of benzene rings is 2. The van der Waals surface area contributed by atoms with E-state index in [9.17, 15) is 4.79 Å². The lowest BCUT2D eigenvalue weighted by atomic mass is 10.0. The average molecular weight is 405 g/mol. The number of rotatable bonds is 3. The van der Waals surface area contributed by atoms with Gasteiger partial charge >= 0.3 is 6.09 Å². The van der Waals surface area contributed by atoms with E-state index in [4.69, 9.17) is 4.74 Å².